The smallest absolute Gasteiger partial charge is 0.434 e. The zero-order valence-electron chi connectivity index (χ0n) is 32.6. The monoisotopic (exact) mass is 964 g/mol. The standard InChI is InChI=1S/C18H20F6O6.C15H14F12O6/c1-4-15(2,3)12(25)28-9-7-5-8-10(9)29-13(26)16(8,6-7)14(27)30-11(17(19,20)21)18(22,23)24;1-4-11(2,3)10(30)31-5(6(28)32-8(12(16,17)18)13(19,20)21)7(29)33-9(14(22,23)24)15(25,26)27/h7-11H,4-6H2,1-3H3;5,8-9H,4H2,1-3H3. The molecule has 12 nitrogen and oxygen atoms in total. The molecule has 0 amide bonds. The highest BCUT2D eigenvalue weighted by atomic mass is 19.4. The van der Waals surface area contributed by atoms with Crippen LogP contribution < -0.4 is 0 Å². The van der Waals surface area contributed by atoms with E-state index in [2.05, 4.69) is 18.9 Å². The van der Waals surface area contributed by atoms with Crippen molar-refractivity contribution in [3.05, 3.63) is 0 Å². The second kappa shape index (κ2) is 17.9. The summed E-state index contributed by atoms with van der Waals surface area (Å²) in [6.07, 6.45) is -57.5. The van der Waals surface area contributed by atoms with Crippen molar-refractivity contribution in [1.82, 2.24) is 0 Å². The number of hydrogen-bond acceptors (Lipinski definition) is 12. The Morgan fingerprint density at radius 1 is 0.587 bits per heavy atom. The first-order valence-corrected chi connectivity index (χ1v) is 17.6. The van der Waals surface area contributed by atoms with Crippen LogP contribution in [0.3, 0.4) is 0 Å². The average Bonchev–Trinajstić information content (AvgIpc) is 3.70. The van der Waals surface area contributed by atoms with Crippen LogP contribution >= 0.6 is 0 Å². The topological polar surface area (TPSA) is 158 Å². The molecule has 0 N–H and O–H groups in total. The molecule has 2 aliphatic carbocycles. The van der Waals surface area contributed by atoms with Crippen LogP contribution in [0.25, 0.3) is 0 Å². The number of esters is 6. The normalized spacial score (nSPS) is 23.1. The van der Waals surface area contributed by atoms with Crippen LogP contribution in [0.15, 0.2) is 0 Å². The molecule has 0 radical (unpaired) electrons. The van der Waals surface area contributed by atoms with Crippen LogP contribution in [0.2, 0.25) is 0 Å². The minimum Gasteiger partial charge on any atom is -0.458 e. The predicted molar refractivity (Wildman–Crippen MR) is 162 cm³/mol. The first kappa shape index (κ1) is 54.7. The van der Waals surface area contributed by atoms with E-state index in [1.54, 1.807) is 20.8 Å². The van der Waals surface area contributed by atoms with E-state index in [0.717, 1.165) is 13.8 Å². The van der Waals surface area contributed by atoms with Crippen molar-refractivity contribution >= 4 is 35.8 Å². The zero-order chi connectivity index (χ0) is 49.7. The van der Waals surface area contributed by atoms with Gasteiger partial charge in [0.05, 0.1) is 10.8 Å². The number of ether oxygens (including phenoxy) is 6. The van der Waals surface area contributed by atoms with E-state index in [-0.39, 0.29) is 12.8 Å². The number of hydrogen-bond donors (Lipinski definition) is 0. The molecule has 3 rings (SSSR count). The van der Waals surface area contributed by atoms with E-state index in [0.29, 0.717) is 6.42 Å². The van der Waals surface area contributed by atoms with Gasteiger partial charge in [-0.3, -0.25) is 19.2 Å². The van der Waals surface area contributed by atoms with E-state index in [1.165, 1.54) is 6.92 Å². The Morgan fingerprint density at radius 3 is 1.29 bits per heavy atom. The Morgan fingerprint density at radius 2 is 0.937 bits per heavy atom. The van der Waals surface area contributed by atoms with Crippen molar-refractivity contribution in [3.63, 3.8) is 0 Å². The lowest BCUT2D eigenvalue weighted by Gasteiger charge is -2.33. The van der Waals surface area contributed by atoms with Gasteiger partial charge in [-0.25, -0.2) is 9.59 Å². The van der Waals surface area contributed by atoms with E-state index in [4.69, 9.17) is 9.47 Å². The molecular formula is C33H34F18O12. The summed E-state index contributed by atoms with van der Waals surface area (Å²) in [6.45, 7) is 8.27. The van der Waals surface area contributed by atoms with Gasteiger partial charge in [-0.1, -0.05) is 13.8 Å². The highest BCUT2D eigenvalue weighted by Crippen LogP contribution is 2.63. The molecule has 63 heavy (non-hydrogen) atoms. The van der Waals surface area contributed by atoms with Gasteiger partial charge in [0.15, 0.2) is 5.41 Å². The maximum atomic E-state index is 12.8. The van der Waals surface area contributed by atoms with Crippen molar-refractivity contribution in [3.8, 4) is 0 Å². The minimum absolute atomic E-state index is 0.0821. The van der Waals surface area contributed by atoms with Crippen molar-refractivity contribution in [2.24, 2.45) is 28.1 Å². The molecule has 364 valence electrons. The third-order valence-electron chi connectivity index (χ3n) is 10.2. The van der Waals surface area contributed by atoms with Crippen LogP contribution in [0.4, 0.5) is 79.0 Å². The van der Waals surface area contributed by atoms with Crippen LogP contribution in [-0.2, 0) is 57.2 Å². The van der Waals surface area contributed by atoms with Gasteiger partial charge in [0.1, 0.15) is 12.2 Å². The van der Waals surface area contributed by atoms with E-state index in [9.17, 15) is 108 Å². The average molecular weight is 965 g/mol. The summed E-state index contributed by atoms with van der Waals surface area (Å²) in [6, 6.07) is 0. The predicted octanol–water partition coefficient (Wildman–Crippen LogP) is 7.73. The summed E-state index contributed by atoms with van der Waals surface area (Å²) in [5.74, 6) is -13.3. The molecule has 5 atom stereocenters. The molecule has 3 fully saturated rings. The van der Waals surface area contributed by atoms with Gasteiger partial charge in [-0.15, -0.1) is 0 Å². The van der Waals surface area contributed by atoms with Gasteiger partial charge in [0, 0.05) is 11.8 Å². The summed E-state index contributed by atoms with van der Waals surface area (Å²) in [5.41, 5.74) is -4.85. The van der Waals surface area contributed by atoms with Gasteiger partial charge in [0.25, 0.3) is 24.4 Å². The van der Waals surface area contributed by atoms with Gasteiger partial charge in [0.2, 0.25) is 0 Å². The maximum absolute atomic E-state index is 12.8. The van der Waals surface area contributed by atoms with Crippen LogP contribution in [0.5, 0.6) is 0 Å². The molecular weight excluding hydrogens is 930 g/mol. The summed E-state index contributed by atoms with van der Waals surface area (Å²) in [5, 5.41) is 0. The number of alkyl halides is 18. The molecule has 2 bridgehead atoms. The lowest BCUT2D eigenvalue weighted by molar-refractivity contribution is -0.319. The number of halogens is 18. The van der Waals surface area contributed by atoms with Crippen molar-refractivity contribution < 1.29 is 136 Å². The second-order valence-corrected chi connectivity index (χ2v) is 15.4. The molecule has 0 spiro atoms. The molecule has 30 heteroatoms. The molecule has 3 aliphatic rings. The Bertz CT molecular complexity index is 1640. The largest absolute Gasteiger partial charge is 0.458 e. The second-order valence-electron chi connectivity index (χ2n) is 15.4. The lowest BCUT2D eigenvalue weighted by Crippen LogP contribution is -2.52. The summed E-state index contributed by atoms with van der Waals surface area (Å²) < 4.78 is 252. The van der Waals surface area contributed by atoms with Crippen LogP contribution in [-0.4, -0.2) is 109 Å². The zero-order valence-corrected chi connectivity index (χ0v) is 32.6. The Kier molecular flexibility index (Phi) is 15.5. The first-order valence-electron chi connectivity index (χ1n) is 17.6. The minimum atomic E-state index is -6.38. The molecule has 0 aromatic rings. The van der Waals surface area contributed by atoms with Gasteiger partial charge < -0.3 is 28.4 Å². The fourth-order valence-electron chi connectivity index (χ4n) is 5.99. The van der Waals surface area contributed by atoms with E-state index in [1.807, 2.05) is 0 Å². The fourth-order valence-corrected chi connectivity index (χ4v) is 5.99. The van der Waals surface area contributed by atoms with Gasteiger partial charge in [-0.2, -0.15) is 79.0 Å². The lowest BCUT2D eigenvalue weighted by atomic mass is 9.73. The molecule has 1 aliphatic heterocycles. The third kappa shape index (κ3) is 12.2. The van der Waals surface area contributed by atoms with Crippen molar-refractivity contribution in [2.75, 3.05) is 0 Å². The Labute approximate surface area is 341 Å². The first-order chi connectivity index (χ1) is 27.9. The van der Waals surface area contributed by atoms with Crippen molar-refractivity contribution in [1.29, 1.82) is 0 Å². The van der Waals surface area contributed by atoms with Crippen LogP contribution in [0, 0.1) is 28.1 Å². The molecule has 0 aromatic heterocycles. The SMILES string of the molecule is CCC(C)(C)C(=O)OC(C(=O)OC(C(F)(F)F)C(F)(F)F)C(=O)OC(C(F)(F)F)C(F)(F)F.CCC(C)(C)C(=O)OC1C2CC3C1OC(=O)C3(C(=O)OC(C(F)(F)F)C(F)(F)F)C2. The number of fused-ring (bicyclic) bond motifs is 1. The summed E-state index contributed by atoms with van der Waals surface area (Å²) in [7, 11) is 0. The Balaban J connectivity index is 0.000000434. The number of carbonyl (C=O) groups is 6. The summed E-state index contributed by atoms with van der Waals surface area (Å²) in [4.78, 5) is 72.7. The van der Waals surface area contributed by atoms with Gasteiger partial charge >= 0.3 is 72.9 Å². The number of rotatable bonds is 12. The van der Waals surface area contributed by atoms with Gasteiger partial charge in [-0.05, 0) is 53.4 Å². The summed E-state index contributed by atoms with van der Waals surface area (Å²) >= 11 is 0. The third-order valence-corrected chi connectivity index (χ3v) is 10.2. The highest BCUT2D eigenvalue weighted by molar-refractivity contribution is 6.03. The molecule has 1 saturated heterocycles. The highest BCUT2D eigenvalue weighted by Gasteiger charge is 2.77. The fraction of sp³-hybridized carbons (Fsp3) is 0.818. The molecule has 0 aromatic carbocycles. The molecule has 5 unspecified atom stereocenters. The quantitative estimate of drug-likeness (QED) is 0.0813. The maximum Gasteiger partial charge on any atom is 0.434 e. The molecule has 2 saturated carbocycles. The van der Waals surface area contributed by atoms with Crippen LogP contribution in [0.1, 0.15) is 67.2 Å². The van der Waals surface area contributed by atoms with Crippen molar-refractivity contribution in [2.45, 2.75) is 141 Å². The van der Waals surface area contributed by atoms with E-state index >= 15 is 0 Å². The number of carbonyl (C=O) groups excluding carboxylic acids is 6. The molecule has 1 heterocycles. The van der Waals surface area contributed by atoms with E-state index < -0.39 is 144 Å². The Hall–Kier alpha value is -4.44.